The monoisotopic (exact) mass is 451 g/mol. The van der Waals surface area contributed by atoms with E-state index in [1.165, 1.54) is 24.3 Å². The van der Waals surface area contributed by atoms with Gasteiger partial charge in [0.05, 0.1) is 12.7 Å². The molecular formula is C21H20F3N3O3S. The van der Waals surface area contributed by atoms with E-state index >= 15 is 0 Å². The van der Waals surface area contributed by atoms with Crippen LogP contribution in [0.3, 0.4) is 0 Å². The number of hydrogen-bond donors (Lipinski definition) is 2. The van der Waals surface area contributed by atoms with Crippen molar-refractivity contribution in [1.82, 2.24) is 5.32 Å². The van der Waals surface area contributed by atoms with Gasteiger partial charge in [-0.3, -0.25) is 4.79 Å². The number of methoxy groups -OCH3 is 1. The lowest BCUT2D eigenvalue weighted by Gasteiger charge is -2.34. The van der Waals surface area contributed by atoms with Gasteiger partial charge in [-0.15, -0.1) is 11.3 Å². The van der Waals surface area contributed by atoms with Crippen LogP contribution in [0.4, 0.5) is 18.2 Å². The summed E-state index contributed by atoms with van der Waals surface area (Å²) < 4.78 is 47.3. The highest BCUT2D eigenvalue weighted by atomic mass is 32.1. The Morgan fingerprint density at radius 2 is 1.94 bits per heavy atom. The maximum absolute atomic E-state index is 14.3. The normalized spacial score (nSPS) is 17.6. The molecule has 0 radical (unpaired) electrons. The second-order valence-electron chi connectivity index (χ2n) is 7.35. The Morgan fingerprint density at radius 3 is 2.52 bits per heavy atom. The predicted octanol–water partition coefficient (Wildman–Crippen LogP) is 4.02. The number of alkyl halides is 3. The first-order valence-electron chi connectivity index (χ1n) is 9.48. The number of esters is 1. The number of ether oxygens (including phenoxy) is 1. The molecule has 1 aliphatic rings. The third-order valence-electron chi connectivity index (χ3n) is 5.18. The quantitative estimate of drug-likeness (QED) is 0.529. The van der Waals surface area contributed by atoms with Crippen molar-refractivity contribution < 1.29 is 27.5 Å². The number of halogens is 3. The van der Waals surface area contributed by atoms with E-state index in [-0.39, 0.29) is 16.1 Å². The number of thiophene rings is 1. The van der Waals surface area contributed by atoms with Gasteiger partial charge in [-0.2, -0.15) is 18.4 Å². The van der Waals surface area contributed by atoms with Crippen molar-refractivity contribution in [3.8, 4) is 6.07 Å². The summed E-state index contributed by atoms with van der Waals surface area (Å²) in [5.41, 5.74) is -2.90. The fourth-order valence-corrected chi connectivity index (χ4v) is 4.92. The van der Waals surface area contributed by atoms with Crippen LogP contribution in [0.5, 0.6) is 0 Å². The van der Waals surface area contributed by atoms with Crippen molar-refractivity contribution in [2.24, 2.45) is 5.92 Å². The summed E-state index contributed by atoms with van der Waals surface area (Å²) in [5, 5.41) is 13.4. The Balaban J connectivity index is 2.09. The van der Waals surface area contributed by atoms with E-state index in [1.54, 1.807) is 11.4 Å². The molecule has 0 fully saturated rings. The van der Waals surface area contributed by atoms with Gasteiger partial charge in [0.25, 0.3) is 5.91 Å². The molecule has 1 aromatic carbocycles. The lowest BCUT2D eigenvalue weighted by atomic mass is 9.88. The number of anilines is 1. The van der Waals surface area contributed by atoms with Crippen molar-refractivity contribution in [3.63, 3.8) is 0 Å². The number of carbonyl (C=O) groups excluding carboxylic acids is 2. The van der Waals surface area contributed by atoms with E-state index in [9.17, 15) is 28.0 Å². The van der Waals surface area contributed by atoms with Gasteiger partial charge in [-0.25, -0.2) is 4.79 Å². The van der Waals surface area contributed by atoms with E-state index in [4.69, 9.17) is 0 Å². The summed E-state index contributed by atoms with van der Waals surface area (Å²) >= 11 is 0.991. The van der Waals surface area contributed by atoms with Gasteiger partial charge in [0.15, 0.2) is 0 Å². The summed E-state index contributed by atoms with van der Waals surface area (Å²) in [5.74, 6) is -2.53. The molecule has 1 heterocycles. The van der Waals surface area contributed by atoms with Crippen LogP contribution in [0.2, 0.25) is 0 Å². The number of carbonyl (C=O) groups is 2. The van der Waals surface area contributed by atoms with E-state index in [0.717, 1.165) is 29.7 Å². The fourth-order valence-electron chi connectivity index (χ4n) is 3.50. The average molecular weight is 451 g/mol. The minimum Gasteiger partial charge on any atom is -0.466 e. The van der Waals surface area contributed by atoms with Crippen molar-refractivity contribution in [3.05, 3.63) is 51.9 Å². The standard InChI is InChI=1S/C21H20F3N3O3S/c1-12-8-9-14-15(11-25)18(31-16(14)10-12)27-20(19(29)30-2,21(22,23)24)26-17(28)13-6-4-3-5-7-13/h3-7,12,27H,8-10H2,1-2H3,(H,26,28). The molecule has 10 heteroatoms. The van der Waals surface area contributed by atoms with Gasteiger partial charge in [0.1, 0.15) is 11.1 Å². The van der Waals surface area contributed by atoms with Crippen LogP contribution in [0, 0.1) is 17.2 Å². The second-order valence-corrected chi connectivity index (χ2v) is 8.46. The number of rotatable bonds is 5. The van der Waals surface area contributed by atoms with Crippen LogP contribution < -0.4 is 10.6 Å². The molecular weight excluding hydrogens is 431 g/mol. The number of fused-ring (bicyclic) bond motifs is 1. The lowest BCUT2D eigenvalue weighted by molar-refractivity contribution is -0.203. The molecule has 2 N–H and O–H groups in total. The average Bonchev–Trinajstić information content (AvgIpc) is 3.08. The van der Waals surface area contributed by atoms with Crippen LogP contribution in [0.25, 0.3) is 0 Å². The smallest absolute Gasteiger partial charge is 0.441 e. The van der Waals surface area contributed by atoms with E-state index in [0.29, 0.717) is 24.3 Å². The first-order valence-corrected chi connectivity index (χ1v) is 10.3. The SMILES string of the molecule is COC(=O)C(NC(=O)c1ccccc1)(Nc1sc2c(c1C#N)CCC(C)C2)C(F)(F)F. The zero-order valence-electron chi connectivity index (χ0n) is 16.8. The molecule has 2 unspecified atom stereocenters. The van der Waals surface area contributed by atoms with Crippen LogP contribution in [-0.4, -0.2) is 30.8 Å². The van der Waals surface area contributed by atoms with Crippen molar-refractivity contribution in [2.75, 3.05) is 12.4 Å². The number of nitrogens with one attached hydrogen (secondary N) is 2. The molecule has 0 spiro atoms. The molecule has 1 amide bonds. The predicted molar refractivity (Wildman–Crippen MR) is 109 cm³/mol. The van der Waals surface area contributed by atoms with Gasteiger partial charge in [-0.1, -0.05) is 25.1 Å². The maximum Gasteiger partial charge on any atom is 0.441 e. The zero-order chi connectivity index (χ0) is 22.8. The lowest BCUT2D eigenvalue weighted by Crippen LogP contribution is -2.69. The van der Waals surface area contributed by atoms with Crippen LogP contribution >= 0.6 is 11.3 Å². The van der Waals surface area contributed by atoms with Gasteiger partial charge < -0.3 is 15.4 Å². The Hall–Kier alpha value is -3.06. The Kier molecular flexibility index (Phi) is 6.27. The van der Waals surface area contributed by atoms with Gasteiger partial charge in [0.2, 0.25) is 0 Å². The minimum atomic E-state index is -5.27. The van der Waals surface area contributed by atoms with Crippen LogP contribution in [0.1, 0.15) is 39.7 Å². The number of benzene rings is 1. The van der Waals surface area contributed by atoms with E-state index < -0.39 is 23.7 Å². The molecule has 0 aliphatic heterocycles. The van der Waals surface area contributed by atoms with Crippen molar-refractivity contribution in [1.29, 1.82) is 5.26 Å². The molecule has 164 valence electrons. The number of hydrogen-bond acceptors (Lipinski definition) is 6. The van der Waals surface area contributed by atoms with Gasteiger partial charge in [0, 0.05) is 10.4 Å². The maximum atomic E-state index is 14.3. The molecule has 0 saturated heterocycles. The molecule has 6 nitrogen and oxygen atoms in total. The second kappa shape index (κ2) is 8.59. The molecule has 0 bridgehead atoms. The summed E-state index contributed by atoms with van der Waals surface area (Å²) in [6.45, 7) is 2.02. The Morgan fingerprint density at radius 1 is 1.26 bits per heavy atom. The fraction of sp³-hybridized carbons (Fsp3) is 0.381. The zero-order valence-corrected chi connectivity index (χ0v) is 17.6. The summed E-state index contributed by atoms with van der Waals surface area (Å²) in [4.78, 5) is 25.8. The Labute approximate surface area is 181 Å². The van der Waals surface area contributed by atoms with Crippen molar-refractivity contribution >= 4 is 28.2 Å². The molecule has 2 atom stereocenters. The molecule has 1 aliphatic carbocycles. The van der Waals surface area contributed by atoms with Crippen LogP contribution in [0.15, 0.2) is 30.3 Å². The molecule has 31 heavy (non-hydrogen) atoms. The molecule has 1 aromatic heterocycles. The number of amides is 1. The summed E-state index contributed by atoms with van der Waals surface area (Å²) in [7, 11) is 0.797. The Bertz CT molecular complexity index is 1030. The topological polar surface area (TPSA) is 91.2 Å². The third kappa shape index (κ3) is 4.23. The van der Waals surface area contributed by atoms with Gasteiger partial charge >= 0.3 is 17.8 Å². The highest BCUT2D eigenvalue weighted by Gasteiger charge is 2.64. The van der Waals surface area contributed by atoms with Crippen molar-refractivity contribution in [2.45, 2.75) is 38.0 Å². The third-order valence-corrected chi connectivity index (χ3v) is 6.35. The van der Waals surface area contributed by atoms with E-state index in [1.807, 2.05) is 13.0 Å². The minimum absolute atomic E-state index is 0.0541. The summed E-state index contributed by atoms with van der Waals surface area (Å²) in [6, 6.07) is 9.16. The largest absolute Gasteiger partial charge is 0.466 e. The molecule has 2 aromatic rings. The number of nitrogens with zero attached hydrogens (tertiary/aromatic N) is 1. The summed E-state index contributed by atoms with van der Waals surface area (Å²) in [6.07, 6.45) is -3.27. The number of nitriles is 1. The molecule has 0 saturated carbocycles. The molecule has 3 rings (SSSR count). The van der Waals surface area contributed by atoms with E-state index in [2.05, 4.69) is 10.1 Å². The first-order chi connectivity index (χ1) is 14.6. The first kappa shape index (κ1) is 22.6. The highest BCUT2D eigenvalue weighted by molar-refractivity contribution is 7.16. The van der Waals surface area contributed by atoms with Gasteiger partial charge in [-0.05, 0) is 42.9 Å². The van der Waals surface area contributed by atoms with Crippen LogP contribution in [-0.2, 0) is 22.4 Å². The highest BCUT2D eigenvalue weighted by Crippen LogP contribution is 2.42.